The van der Waals surface area contributed by atoms with Crippen LogP contribution < -0.4 is 4.90 Å². The average molecular weight is 358 g/mol. The van der Waals surface area contributed by atoms with E-state index in [0.717, 1.165) is 23.7 Å². The van der Waals surface area contributed by atoms with Crippen molar-refractivity contribution in [2.24, 2.45) is 0 Å². The lowest BCUT2D eigenvalue weighted by atomic mass is 9.98. The van der Waals surface area contributed by atoms with Crippen LogP contribution in [-0.4, -0.2) is 35.8 Å². The molecule has 0 saturated carbocycles. The smallest absolute Gasteiger partial charge is 0.250 e. The number of carbonyl (C=O) groups is 2. The fourth-order valence-electron chi connectivity index (χ4n) is 2.87. The zero-order valence-electron chi connectivity index (χ0n) is 10.8. The van der Waals surface area contributed by atoms with Crippen LogP contribution in [0.2, 0.25) is 5.02 Å². The monoisotopic (exact) mass is 356 g/mol. The summed E-state index contributed by atoms with van der Waals surface area (Å²) in [4.78, 5) is 28.1. The van der Waals surface area contributed by atoms with E-state index in [1.807, 2.05) is 0 Å². The quantitative estimate of drug-likeness (QED) is 0.775. The third-order valence-corrected chi connectivity index (χ3v) is 4.77. The molecular weight excluding hydrogens is 344 g/mol. The summed E-state index contributed by atoms with van der Waals surface area (Å²) in [5, 5.41) is 0.550. The number of halogens is 2. The molecule has 1 aromatic carbocycles. The van der Waals surface area contributed by atoms with Gasteiger partial charge in [0.1, 0.15) is 12.6 Å². The number of fused-ring (bicyclic) bond motifs is 1. The highest BCUT2D eigenvalue weighted by Gasteiger charge is 2.41. The summed E-state index contributed by atoms with van der Waals surface area (Å²) in [6.45, 7) is 0.786. The van der Waals surface area contributed by atoms with Crippen molar-refractivity contribution in [1.82, 2.24) is 4.90 Å². The van der Waals surface area contributed by atoms with E-state index in [1.54, 1.807) is 28.0 Å². The second kappa shape index (κ2) is 5.37. The third kappa shape index (κ3) is 2.33. The Hall–Kier alpha value is -1.07. The van der Waals surface area contributed by atoms with Gasteiger partial charge in [0.15, 0.2) is 0 Å². The summed E-state index contributed by atoms with van der Waals surface area (Å²) in [6, 6.07) is 4.95. The van der Waals surface area contributed by atoms with Crippen molar-refractivity contribution in [3.05, 3.63) is 27.7 Å². The van der Waals surface area contributed by atoms with Crippen LogP contribution in [0.5, 0.6) is 0 Å². The molecule has 0 bridgehead atoms. The van der Waals surface area contributed by atoms with Gasteiger partial charge in [-0.25, -0.2) is 0 Å². The molecule has 2 heterocycles. The lowest BCUT2D eigenvalue weighted by Gasteiger charge is -2.42. The molecule has 1 aromatic rings. The maximum atomic E-state index is 12.6. The first-order valence-electron chi connectivity index (χ1n) is 6.64. The first kappa shape index (κ1) is 13.9. The molecule has 106 valence electrons. The van der Waals surface area contributed by atoms with Gasteiger partial charge in [0, 0.05) is 16.0 Å². The van der Waals surface area contributed by atoms with E-state index in [0.29, 0.717) is 17.3 Å². The van der Waals surface area contributed by atoms with Gasteiger partial charge in [-0.2, -0.15) is 0 Å². The van der Waals surface area contributed by atoms with Gasteiger partial charge in [0.05, 0.1) is 5.69 Å². The Morgan fingerprint density at radius 3 is 2.85 bits per heavy atom. The highest BCUT2D eigenvalue weighted by Crippen LogP contribution is 2.33. The van der Waals surface area contributed by atoms with Gasteiger partial charge in [-0.15, -0.1) is 0 Å². The van der Waals surface area contributed by atoms with Crippen molar-refractivity contribution in [3.8, 4) is 0 Å². The molecule has 2 aliphatic heterocycles. The number of piperidine rings is 1. The number of anilines is 1. The van der Waals surface area contributed by atoms with Crippen molar-refractivity contribution in [2.45, 2.75) is 25.3 Å². The fourth-order valence-corrected chi connectivity index (χ4v) is 3.49. The van der Waals surface area contributed by atoms with Crippen LogP contribution in [0.1, 0.15) is 19.3 Å². The van der Waals surface area contributed by atoms with Crippen LogP contribution >= 0.6 is 27.5 Å². The van der Waals surface area contributed by atoms with Crippen molar-refractivity contribution < 1.29 is 9.59 Å². The Morgan fingerprint density at radius 1 is 1.25 bits per heavy atom. The standard InChI is InChI=1S/C14H14BrClN2O2/c15-10-5-4-9(16)7-12(10)18-8-13(19)17-6-2-1-3-11(17)14(18)20/h4-5,7,11H,1-3,6,8H2. The van der Waals surface area contributed by atoms with Crippen LogP contribution in [0.4, 0.5) is 5.69 Å². The number of piperazine rings is 1. The topological polar surface area (TPSA) is 40.6 Å². The Balaban J connectivity index is 1.96. The molecule has 0 aromatic heterocycles. The molecular formula is C14H14BrClN2O2. The van der Waals surface area contributed by atoms with Crippen LogP contribution in [-0.2, 0) is 9.59 Å². The van der Waals surface area contributed by atoms with Gasteiger partial charge >= 0.3 is 0 Å². The minimum absolute atomic E-state index is 0.00716. The van der Waals surface area contributed by atoms with Crippen LogP contribution in [0.3, 0.4) is 0 Å². The number of hydrogen-bond donors (Lipinski definition) is 0. The molecule has 0 N–H and O–H groups in total. The van der Waals surface area contributed by atoms with E-state index in [-0.39, 0.29) is 24.4 Å². The normalized spacial score (nSPS) is 23.0. The van der Waals surface area contributed by atoms with Crippen LogP contribution in [0, 0.1) is 0 Å². The Labute approximate surface area is 130 Å². The van der Waals surface area contributed by atoms with E-state index < -0.39 is 0 Å². The van der Waals surface area contributed by atoms with Gasteiger partial charge in [0.2, 0.25) is 11.8 Å². The number of rotatable bonds is 1. The lowest BCUT2D eigenvalue weighted by molar-refractivity contribution is -0.144. The fraction of sp³-hybridized carbons (Fsp3) is 0.429. The number of hydrogen-bond acceptors (Lipinski definition) is 2. The summed E-state index contributed by atoms with van der Waals surface area (Å²) in [7, 11) is 0. The van der Waals surface area contributed by atoms with Crippen LogP contribution in [0.15, 0.2) is 22.7 Å². The Bertz CT molecular complexity index is 578. The number of carbonyl (C=O) groups excluding carboxylic acids is 2. The Morgan fingerprint density at radius 2 is 2.05 bits per heavy atom. The molecule has 0 aliphatic carbocycles. The van der Waals surface area contributed by atoms with Crippen LogP contribution in [0.25, 0.3) is 0 Å². The Kier molecular flexibility index (Phi) is 3.73. The zero-order valence-corrected chi connectivity index (χ0v) is 13.2. The van der Waals surface area contributed by atoms with Gasteiger partial charge in [-0.05, 0) is 53.4 Å². The maximum absolute atomic E-state index is 12.6. The SMILES string of the molecule is O=C1C2CCCCN2C(=O)CN1c1cc(Cl)ccc1Br. The average Bonchev–Trinajstić information content (AvgIpc) is 2.46. The molecule has 1 unspecified atom stereocenters. The number of benzene rings is 1. The van der Waals surface area contributed by atoms with Crippen molar-refractivity contribution in [2.75, 3.05) is 18.0 Å². The molecule has 2 saturated heterocycles. The lowest BCUT2D eigenvalue weighted by Crippen LogP contribution is -2.61. The number of nitrogens with zero attached hydrogens (tertiary/aromatic N) is 2. The molecule has 0 radical (unpaired) electrons. The predicted octanol–water partition coefficient (Wildman–Crippen LogP) is 2.83. The van der Waals surface area contributed by atoms with Gasteiger partial charge in [-0.3, -0.25) is 9.59 Å². The zero-order chi connectivity index (χ0) is 14.3. The highest BCUT2D eigenvalue weighted by molar-refractivity contribution is 9.10. The molecule has 2 aliphatic rings. The first-order chi connectivity index (χ1) is 9.58. The molecule has 6 heteroatoms. The van der Waals surface area contributed by atoms with Gasteiger partial charge in [-0.1, -0.05) is 11.6 Å². The summed E-state index contributed by atoms with van der Waals surface area (Å²) in [5.74, 6) is 0.00782. The highest BCUT2D eigenvalue weighted by atomic mass is 79.9. The van der Waals surface area contributed by atoms with E-state index in [2.05, 4.69) is 15.9 Å². The largest absolute Gasteiger partial charge is 0.329 e. The minimum Gasteiger partial charge on any atom is -0.329 e. The van der Waals surface area contributed by atoms with Gasteiger partial charge in [0.25, 0.3) is 0 Å². The minimum atomic E-state index is -0.309. The summed E-state index contributed by atoms with van der Waals surface area (Å²) < 4.78 is 0.771. The van der Waals surface area contributed by atoms with Crippen molar-refractivity contribution >= 4 is 45.0 Å². The first-order valence-corrected chi connectivity index (χ1v) is 7.81. The maximum Gasteiger partial charge on any atom is 0.250 e. The molecule has 1 atom stereocenters. The summed E-state index contributed by atoms with van der Waals surface area (Å²) in [5.41, 5.74) is 0.668. The van der Waals surface area contributed by atoms with E-state index in [4.69, 9.17) is 11.6 Å². The second-order valence-corrected chi connectivity index (χ2v) is 6.41. The molecule has 2 amide bonds. The molecule has 3 rings (SSSR count). The van der Waals surface area contributed by atoms with Gasteiger partial charge < -0.3 is 9.80 Å². The van der Waals surface area contributed by atoms with E-state index in [9.17, 15) is 9.59 Å². The summed E-state index contributed by atoms with van der Waals surface area (Å²) >= 11 is 9.43. The van der Waals surface area contributed by atoms with Crippen molar-refractivity contribution in [3.63, 3.8) is 0 Å². The molecule has 20 heavy (non-hydrogen) atoms. The summed E-state index contributed by atoms with van der Waals surface area (Å²) in [6.07, 6.45) is 2.72. The molecule has 4 nitrogen and oxygen atoms in total. The molecule has 2 fully saturated rings. The van der Waals surface area contributed by atoms with E-state index >= 15 is 0 Å². The predicted molar refractivity (Wildman–Crippen MR) is 80.9 cm³/mol. The van der Waals surface area contributed by atoms with E-state index in [1.165, 1.54) is 0 Å². The van der Waals surface area contributed by atoms with Crippen molar-refractivity contribution in [1.29, 1.82) is 0 Å². The molecule has 0 spiro atoms. The third-order valence-electron chi connectivity index (χ3n) is 3.87. The second-order valence-electron chi connectivity index (χ2n) is 5.12. The number of amides is 2.